The number of nitrogens with one attached hydrogen (secondary N) is 1. The molecule has 2 aliphatic heterocycles. The normalized spacial score (nSPS) is 21.5. The summed E-state index contributed by atoms with van der Waals surface area (Å²) in [6.45, 7) is 6.63. The molecule has 1 N–H and O–H groups in total. The van der Waals surface area contributed by atoms with Crippen molar-refractivity contribution in [1.82, 2.24) is 5.32 Å². The fraction of sp³-hybridized carbons (Fsp3) is 0.320. The van der Waals surface area contributed by atoms with Crippen LogP contribution in [0, 0.1) is 0 Å². The zero-order valence-corrected chi connectivity index (χ0v) is 18.9. The van der Waals surface area contributed by atoms with E-state index in [4.69, 9.17) is 4.74 Å². The van der Waals surface area contributed by atoms with Crippen LogP contribution in [0.3, 0.4) is 0 Å². The van der Waals surface area contributed by atoms with Crippen LogP contribution in [0.15, 0.2) is 48.0 Å². The van der Waals surface area contributed by atoms with E-state index in [-0.39, 0.29) is 11.1 Å². The maximum Gasteiger partial charge on any atom is 0.335 e. The van der Waals surface area contributed by atoms with Gasteiger partial charge in [-0.1, -0.05) is 13.0 Å². The molecule has 1 fully saturated rings. The van der Waals surface area contributed by atoms with E-state index in [0.29, 0.717) is 17.4 Å². The van der Waals surface area contributed by atoms with Crippen molar-refractivity contribution in [3.05, 3.63) is 59.2 Å². The number of nitrogens with zero attached hydrogens (tertiary/aromatic N) is 2. The first-order valence-corrected chi connectivity index (χ1v) is 10.6. The first-order valence-electron chi connectivity index (χ1n) is 10.6. The Morgan fingerprint density at radius 2 is 1.78 bits per heavy atom. The van der Waals surface area contributed by atoms with Gasteiger partial charge in [0.2, 0.25) is 0 Å². The molecule has 4 rings (SSSR count). The minimum Gasteiger partial charge on any atom is -0.497 e. The van der Waals surface area contributed by atoms with Gasteiger partial charge in [-0.05, 0) is 79.8 Å². The van der Waals surface area contributed by atoms with Gasteiger partial charge in [0.15, 0.2) is 0 Å². The Labute approximate surface area is 187 Å². The zero-order chi connectivity index (χ0) is 23.2. The van der Waals surface area contributed by atoms with Gasteiger partial charge in [-0.25, -0.2) is 9.69 Å². The second-order valence-electron chi connectivity index (χ2n) is 8.95. The highest BCUT2D eigenvalue weighted by molar-refractivity contribution is 6.39. The molecule has 0 radical (unpaired) electrons. The lowest BCUT2D eigenvalue weighted by atomic mass is 9.80. The highest BCUT2D eigenvalue weighted by atomic mass is 16.5. The SMILES string of the molecule is COc1ccc(N2C(=O)NC(=O)/C(=C\c3ccc4c(c3)C(C)CC(C)(C)N4C)C2=O)cc1. The number of barbiturate groups is 1. The average molecular weight is 434 g/mol. The topological polar surface area (TPSA) is 79.0 Å². The number of anilines is 2. The van der Waals surface area contributed by atoms with Crippen molar-refractivity contribution < 1.29 is 19.1 Å². The molecule has 0 aliphatic carbocycles. The van der Waals surface area contributed by atoms with Gasteiger partial charge < -0.3 is 9.64 Å². The lowest BCUT2D eigenvalue weighted by Crippen LogP contribution is -2.54. The summed E-state index contributed by atoms with van der Waals surface area (Å²) in [5.41, 5.74) is 3.38. The van der Waals surface area contributed by atoms with E-state index in [9.17, 15) is 14.4 Å². The van der Waals surface area contributed by atoms with Crippen LogP contribution in [0.4, 0.5) is 16.2 Å². The van der Waals surface area contributed by atoms with E-state index in [1.165, 1.54) is 12.7 Å². The number of benzene rings is 2. The Balaban J connectivity index is 1.70. The molecule has 4 amide bonds. The third kappa shape index (κ3) is 3.64. The Morgan fingerprint density at radius 3 is 2.44 bits per heavy atom. The first-order chi connectivity index (χ1) is 15.1. The van der Waals surface area contributed by atoms with E-state index in [1.807, 2.05) is 18.2 Å². The lowest BCUT2D eigenvalue weighted by molar-refractivity contribution is -0.122. The van der Waals surface area contributed by atoms with E-state index < -0.39 is 17.8 Å². The second-order valence-corrected chi connectivity index (χ2v) is 8.95. The van der Waals surface area contributed by atoms with Crippen LogP contribution < -0.4 is 19.9 Å². The maximum absolute atomic E-state index is 13.1. The minimum atomic E-state index is -0.773. The van der Waals surface area contributed by atoms with Gasteiger partial charge in [0, 0.05) is 18.3 Å². The molecule has 2 heterocycles. The lowest BCUT2D eigenvalue weighted by Gasteiger charge is -2.45. The molecule has 7 nitrogen and oxygen atoms in total. The van der Waals surface area contributed by atoms with Crippen molar-refractivity contribution in [3.8, 4) is 5.75 Å². The van der Waals surface area contributed by atoms with Crippen molar-refractivity contribution in [2.75, 3.05) is 24.0 Å². The van der Waals surface area contributed by atoms with Gasteiger partial charge in [-0.15, -0.1) is 0 Å². The summed E-state index contributed by atoms with van der Waals surface area (Å²) in [5.74, 6) is -0.425. The third-order valence-corrected chi connectivity index (χ3v) is 6.40. The number of methoxy groups -OCH3 is 1. The molecule has 1 saturated heterocycles. The van der Waals surface area contributed by atoms with Crippen LogP contribution in [0.5, 0.6) is 5.75 Å². The molecule has 0 spiro atoms. The van der Waals surface area contributed by atoms with E-state index in [1.54, 1.807) is 30.3 Å². The van der Waals surface area contributed by atoms with Crippen LogP contribution in [0.25, 0.3) is 6.08 Å². The van der Waals surface area contributed by atoms with Crippen molar-refractivity contribution in [2.45, 2.75) is 38.6 Å². The smallest absolute Gasteiger partial charge is 0.335 e. The van der Waals surface area contributed by atoms with Crippen LogP contribution >= 0.6 is 0 Å². The Bertz CT molecular complexity index is 1130. The molecular weight excluding hydrogens is 406 g/mol. The molecule has 0 bridgehead atoms. The van der Waals surface area contributed by atoms with Gasteiger partial charge in [-0.2, -0.15) is 0 Å². The molecule has 0 aromatic heterocycles. The molecular formula is C25H27N3O4. The number of carbonyl (C=O) groups excluding carboxylic acids is 3. The van der Waals surface area contributed by atoms with Gasteiger partial charge in [0.05, 0.1) is 12.8 Å². The number of fused-ring (bicyclic) bond motifs is 1. The van der Waals surface area contributed by atoms with Crippen LogP contribution in [0.2, 0.25) is 0 Å². The van der Waals surface area contributed by atoms with Crippen molar-refractivity contribution >= 4 is 35.3 Å². The van der Waals surface area contributed by atoms with Gasteiger partial charge in [-0.3, -0.25) is 14.9 Å². The fourth-order valence-corrected chi connectivity index (χ4v) is 4.48. The Kier molecular flexibility index (Phi) is 5.28. The first kappa shape index (κ1) is 21.6. The van der Waals surface area contributed by atoms with E-state index in [0.717, 1.165) is 22.6 Å². The fourth-order valence-electron chi connectivity index (χ4n) is 4.48. The molecule has 166 valence electrons. The van der Waals surface area contributed by atoms with Crippen molar-refractivity contribution in [1.29, 1.82) is 0 Å². The summed E-state index contributed by atoms with van der Waals surface area (Å²) in [6.07, 6.45) is 2.54. The highest BCUT2D eigenvalue weighted by Crippen LogP contribution is 2.42. The summed E-state index contributed by atoms with van der Waals surface area (Å²) < 4.78 is 5.13. The molecule has 2 aromatic carbocycles. The predicted octanol–water partition coefficient (Wildman–Crippen LogP) is 4.08. The van der Waals surface area contributed by atoms with E-state index in [2.05, 4.69) is 38.0 Å². The van der Waals surface area contributed by atoms with Gasteiger partial charge in [0.25, 0.3) is 11.8 Å². The number of amides is 4. The Hall–Kier alpha value is -3.61. The maximum atomic E-state index is 13.1. The van der Waals surface area contributed by atoms with Gasteiger partial charge >= 0.3 is 6.03 Å². The molecule has 0 saturated carbocycles. The predicted molar refractivity (Wildman–Crippen MR) is 124 cm³/mol. The molecule has 2 aromatic rings. The standard InChI is InChI=1S/C25H27N3O4/c1-15-14-25(2,3)27(4)21-11-6-16(12-19(15)21)13-20-22(29)26-24(31)28(23(20)30)17-7-9-18(32-5)10-8-17/h6-13,15H,14H2,1-5H3,(H,26,29,31)/b20-13+. The quantitative estimate of drug-likeness (QED) is 0.583. The highest BCUT2D eigenvalue weighted by Gasteiger charge is 2.37. The van der Waals surface area contributed by atoms with Crippen molar-refractivity contribution in [3.63, 3.8) is 0 Å². The summed E-state index contributed by atoms with van der Waals surface area (Å²) in [7, 11) is 3.62. The number of rotatable bonds is 3. The summed E-state index contributed by atoms with van der Waals surface area (Å²) in [4.78, 5) is 41.3. The summed E-state index contributed by atoms with van der Waals surface area (Å²) >= 11 is 0. The molecule has 1 unspecified atom stereocenters. The number of urea groups is 1. The second kappa shape index (κ2) is 7.82. The number of hydrogen-bond acceptors (Lipinski definition) is 5. The van der Waals surface area contributed by atoms with Crippen LogP contribution in [0.1, 0.15) is 44.2 Å². The largest absolute Gasteiger partial charge is 0.497 e. The Morgan fingerprint density at radius 1 is 1.09 bits per heavy atom. The number of imide groups is 2. The molecule has 2 aliphatic rings. The molecule has 1 atom stereocenters. The minimum absolute atomic E-state index is 0.0465. The zero-order valence-electron chi connectivity index (χ0n) is 18.9. The summed E-state index contributed by atoms with van der Waals surface area (Å²) in [5, 5.41) is 2.27. The molecule has 32 heavy (non-hydrogen) atoms. The number of ether oxygens (including phenoxy) is 1. The van der Waals surface area contributed by atoms with E-state index >= 15 is 0 Å². The summed E-state index contributed by atoms with van der Waals surface area (Å²) in [6, 6.07) is 11.7. The number of carbonyl (C=O) groups is 3. The van der Waals surface area contributed by atoms with Crippen LogP contribution in [-0.2, 0) is 9.59 Å². The average Bonchev–Trinajstić information content (AvgIpc) is 2.75. The molecule has 7 heteroatoms. The third-order valence-electron chi connectivity index (χ3n) is 6.40. The van der Waals surface area contributed by atoms with Crippen LogP contribution in [-0.4, -0.2) is 37.5 Å². The number of hydrogen-bond donors (Lipinski definition) is 1. The monoisotopic (exact) mass is 433 g/mol. The van der Waals surface area contributed by atoms with Crippen molar-refractivity contribution in [2.24, 2.45) is 0 Å². The van der Waals surface area contributed by atoms with Gasteiger partial charge in [0.1, 0.15) is 11.3 Å².